The Morgan fingerprint density at radius 3 is 2.51 bits per heavy atom. The molecule has 0 radical (unpaired) electrons. The summed E-state index contributed by atoms with van der Waals surface area (Å²) in [6.07, 6.45) is -0.209. The maximum atomic E-state index is 12.5. The minimum absolute atomic E-state index is 0.268. The van der Waals surface area contributed by atoms with Crippen LogP contribution < -0.4 is 9.64 Å². The quantitative estimate of drug-likeness (QED) is 0.158. The number of thioether (sulfide) groups is 1. The summed E-state index contributed by atoms with van der Waals surface area (Å²) in [5.74, 6) is 0.746. The molecule has 0 atom stereocenters. The molecule has 0 amide bonds. The summed E-state index contributed by atoms with van der Waals surface area (Å²) in [6.45, 7) is 5.17. The molecule has 0 saturated carbocycles. The van der Waals surface area contributed by atoms with Gasteiger partial charge in [-0.3, -0.25) is 4.57 Å². The van der Waals surface area contributed by atoms with Gasteiger partial charge in [0.1, 0.15) is 12.1 Å². The zero-order valence-corrected chi connectivity index (χ0v) is 23.2. The van der Waals surface area contributed by atoms with Crippen LogP contribution in [0.25, 0.3) is 27.5 Å². The third-order valence-corrected chi connectivity index (χ3v) is 8.01. The van der Waals surface area contributed by atoms with Gasteiger partial charge in [-0.2, -0.15) is 5.10 Å². The molecular weight excluding hydrogens is 547 g/mol. The van der Waals surface area contributed by atoms with Crippen molar-refractivity contribution in [3.05, 3.63) is 95.8 Å². The van der Waals surface area contributed by atoms with E-state index in [1.165, 1.54) is 28.9 Å². The van der Waals surface area contributed by atoms with E-state index in [4.69, 9.17) is 0 Å². The Labute approximate surface area is 239 Å². The van der Waals surface area contributed by atoms with E-state index in [1.807, 2.05) is 34.9 Å². The highest BCUT2D eigenvalue weighted by Crippen LogP contribution is 2.31. The van der Waals surface area contributed by atoms with E-state index in [9.17, 15) is 13.2 Å². The van der Waals surface area contributed by atoms with E-state index in [2.05, 4.69) is 56.9 Å². The van der Waals surface area contributed by atoms with Gasteiger partial charge in [0.25, 0.3) is 0 Å². The average molecular weight is 574 g/mol. The smallest absolute Gasteiger partial charge is 0.406 e. The highest BCUT2D eigenvalue weighted by atomic mass is 32.2. The van der Waals surface area contributed by atoms with Gasteiger partial charge in [0, 0.05) is 29.1 Å². The van der Waals surface area contributed by atoms with Gasteiger partial charge in [0.05, 0.1) is 17.2 Å². The zero-order chi connectivity index (χ0) is 28.6. The van der Waals surface area contributed by atoms with Crippen LogP contribution in [0.15, 0.2) is 89.3 Å². The van der Waals surface area contributed by atoms with Crippen LogP contribution in [-0.2, 0) is 0 Å². The molecule has 6 nitrogen and oxygen atoms in total. The number of alkyl halides is 3. The first-order valence-corrected chi connectivity index (χ1v) is 14.1. The monoisotopic (exact) mass is 573 g/mol. The van der Waals surface area contributed by atoms with Crippen LogP contribution in [0, 0.1) is 13.8 Å². The van der Waals surface area contributed by atoms with Crippen molar-refractivity contribution in [2.75, 3.05) is 17.2 Å². The Balaban J connectivity index is 1.25. The van der Waals surface area contributed by atoms with Crippen LogP contribution in [0.2, 0.25) is 0 Å². The first-order valence-electron chi connectivity index (χ1n) is 13.1. The topological polar surface area (TPSA) is 55.0 Å². The molecule has 0 N–H and O–H groups in total. The number of halogens is 3. The van der Waals surface area contributed by atoms with Crippen molar-refractivity contribution >= 4 is 50.6 Å². The molecule has 1 aliphatic heterocycles. The molecule has 5 aromatic rings. The Morgan fingerprint density at radius 1 is 0.976 bits per heavy atom. The van der Waals surface area contributed by atoms with Crippen LogP contribution in [0.1, 0.15) is 23.1 Å². The molecule has 0 unspecified atom stereocenters. The fraction of sp³-hybridized carbons (Fsp3) is 0.194. The van der Waals surface area contributed by atoms with Gasteiger partial charge >= 0.3 is 6.36 Å². The van der Waals surface area contributed by atoms with E-state index in [0.29, 0.717) is 5.69 Å². The Hall–Kier alpha value is -4.31. The third kappa shape index (κ3) is 5.65. The minimum atomic E-state index is -4.73. The van der Waals surface area contributed by atoms with Crippen molar-refractivity contribution in [2.24, 2.45) is 10.2 Å². The highest BCUT2D eigenvalue weighted by molar-refractivity contribution is 8.14. The second-order valence-corrected chi connectivity index (χ2v) is 10.9. The lowest BCUT2D eigenvalue weighted by molar-refractivity contribution is -0.274. The molecule has 41 heavy (non-hydrogen) atoms. The van der Waals surface area contributed by atoms with E-state index in [1.54, 1.807) is 36.4 Å². The van der Waals surface area contributed by atoms with Gasteiger partial charge in [-0.25, -0.2) is 4.98 Å². The van der Waals surface area contributed by atoms with Gasteiger partial charge in [-0.05, 0) is 78.7 Å². The predicted molar refractivity (Wildman–Crippen MR) is 161 cm³/mol. The Morgan fingerprint density at radius 2 is 1.76 bits per heavy atom. The Kier molecular flexibility index (Phi) is 7.17. The normalized spacial score (nSPS) is 15.4. The molecule has 1 fully saturated rings. The first kappa shape index (κ1) is 26.9. The van der Waals surface area contributed by atoms with Gasteiger partial charge < -0.3 is 9.64 Å². The molecule has 4 aromatic carbocycles. The van der Waals surface area contributed by atoms with Crippen LogP contribution in [0.3, 0.4) is 0 Å². The summed E-state index contributed by atoms with van der Waals surface area (Å²) in [7, 11) is 0. The number of hydrogen-bond acceptors (Lipinski definition) is 5. The van der Waals surface area contributed by atoms with Crippen molar-refractivity contribution in [3.63, 3.8) is 0 Å². The van der Waals surface area contributed by atoms with E-state index in [-0.39, 0.29) is 5.75 Å². The van der Waals surface area contributed by atoms with E-state index >= 15 is 0 Å². The molecule has 10 heteroatoms. The summed E-state index contributed by atoms with van der Waals surface area (Å²) in [4.78, 5) is 6.86. The van der Waals surface area contributed by atoms with Gasteiger partial charge in [0.2, 0.25) is 0 Å². The largest absolute Gasteiger partial charge is 0.573 e. The minimum Gasteiger partial charge on any atom is -0.406 e. The maximum absolute atomic E-state index is 12.5. The first-order chi connectivity index (χ1) is 19.8. The third-order valence-electron chi connectivity index (χ3n) is 6.95. The lowest BCUT2D eigenvalue weighted by Gasteiger charge is -2.31. The van der Waals surface area contributed by atoms with Crippen molar-refractivity contribution in [3.8, 4) is 11.4 Å². The average Bonchev–Trinajstić information content (AvgIpc) is 3.38. The number of fused-ring (bicyclic) bond motifs is 3. The number of ether oxygens (including phenoxy) is 1. The molecule has 1 saturated heterocycles. The lowest BCUT2D eigenvalue weighted by atomic mass is 10.1. The van der Waals surface area contributed by atoms with Crippen molar-refractivity contribution in [1.82, 2.24) is 9.55 Å². The molecule has 0 aliphatic carbocycles. The SMILES string of the molecule is Cc1cccc(C)c1N1CCCSC1=NN=Cc1ccc2c(ccc3c2ncn3-c2ccc(OC(F)(F)F)cc2)c1. The van der Waals surface area contributed by atoms with Crippen molar-refractivity contribution in [1.29, 1.82) is 0 Å². The summed E-state index contributed by atoms with van der Waals surface area (Å²) in [5.41, 5.74) is 6.88. The van der Waals surface area contributed by atoms with E-state index < -0.39 is 6.36 Å². The summed E-state index contributed by atoms with van der Waals surface area (Å²) in [6, 6.07) is 22.0. The number of aryl methyl sites for hydroxylation is 2. The molecule has 208 valence electrons. The summed E-state index contributed by atoms with van der Waals surface area (Å²) >= 11 is 1.72. The predicted octanol–water partition coefficient (Wildman–Crippen LogP) is 8.03. The molecule has 2 heterocycles. The molecule has 1 aromatic heterocycles. The number of hydrogen-bond donors (Lipinski definition) is 0. The number of amidine groups is 1. The standard InChI is InChI=1S/C31H26F3N5OS/c1-20-5-3-6-21(2)29(20)38-15-4-16-41-30(38)37-36-18-22-7-13-26-23(17-22)8-14-27-28(26)35-19-39(27)24-9-11-25(12-10-24)40-31(32,33)34/h3,5-14,17-19H,4,15-16H2,1-2H3. The molecule has 0 bridgehead atoms. The molecule has 1 aliphatic rings. The zero-order valence-electron chi connectivity index (χ0n) is 22.4. The van der Waals surface area contributed by atoms with Crippen LogP contribution in [-0.4, -0.2) is 39.6 Å². The van der Waals surface area contributed by atoms with E-state index in [0.717, 1.165) is 51.3 Å². The molecule has 0 spiro atoms. The number of aromatic nitrogens is 2. The lowest BCUT2D eigenvalue weighted by Crippen LogP contribution is -2.35. The summed E-state index contributed by atoms with van der Waals surface area (Å²) < 4.78 is 43.3. The molecular formula is C31H26F3N5OS. The van der Waals surface area contributed by atoms with Gasteiger partial charge in [-0.15, -0.1) is 18.3 Å². The number of para-hydroxylation sites is 1. The second-order valence-electron chi connectivity index (χ2n) is 9.79. The number of imidazole rings is 1. The highest BCUT2D eigenvalue weighted by Gasteiger charge is 2.31. The van der Waals surface area contributed by atoms with Crippen molar-refractivity contribution < 1.29 is 17.9 Å². The fourth-order valence-corrected chi connectivity index (χ4v) is 6.05. The maximum Gasteiger partial charge on any atom is 0.573 e. The van der Waals surface area contributed by atoms with Crippen LogP contribution >= 0.6 is 11.8 Å². The van der Waals surface area contributed by atoms with Crippen LogP contribution in [0.4, 0.5) is 18.9 Å². The molecule has 6 rings (SSSR count). The van der Waals surface area contributed by atoms with Gasteiger partial charge in [0.15, 0.2) is 5.17 Å². The number of nitrogens with zero attached hydrogens (tertiary/aromatic N) is 5. The number of benzene rings is 4. The second kappa shape index (κ2) is 10.9. The van der Waals surface area contributed by atoms with Gasteiger partial charge in [-0.1, -0.05) is 48.2 Å². The number of anilines is 1. The number of rotatable bonds is 5. The fourth-order valence-electron chi connectivity index (χ4n) is 5.15. The van der Waals surface area contributed by atoms with Crippen molar-refractivity contribution in [2.45, 2.75) is 26.6 Å². The van der Waals surface area contributed by atoms with Crippen LogP contribution in [0.5, 0.6) is 5.75 Å². The Bertz CT molecular complexity index is 1770. The summed E-state index contributed by atoms with van der Waals surface area (Å²) in [5, 5.41) is 11.9.